The molecular formula is C18H18N2O2. The van der Waals surface area contributed by atoms with Crippen molar-refractivity contribution in [3.05, 3.63) is 64.7 Å². The SMILES string of the molecule is COc1cccc(C23NCCN2C(=O)c2cccc(C)c23)c1. The van der Waals surface area contributed by atoms with Crippen LogP contribution >= 0.6 is 0 Å². The standard InChI is InChI=1S/C18H18N2O2/c1-12-5-3-8-15-16(12)18(19-9-10-20(18)17(15)21)13-6-4-7-14(11-13)22-2/h3-8,11,19H,9-10H2,1-2H3. The third kappa shape index (κ3) is 1.53. The summed E-state index contributed by atoms with van der Waals surface area (Å²) < 4.78 is 5.37. The fraction of sp³-hybridized carbons (Fsp3) is 0.278. The van der Waals surface area contributed by atoms with Gasteiger partial charge in [-0.1, -0.05) is 24.3 Å². The van der Waals surface area contributed by atoms with Crippen molar-refractivity contribution in [2.75, 3.05) is 20.2 Å². The van der Waals surface area contributed by atoms with E-state index in [1.165, 1.54) is 0 Å². The lowest BCUT2D eigenvalue weighted by Gasteiger charge is -2.34. The number of ether oxygens (including phenoxy) is 1. The summed E-state index contributed by atoms with van der Waals surface area (Å²) in [5, 5.41) is 3.58. The molecule has 2 aromatic carbocycles. The fourth-order valence-electron chi connectivity index (χ4n) is 3.81. The normalized spacial score (nSPS) is 22.6. The van der Waals surface area contributed by atoms with E-state index in [9.17, 15) is 4.79 Å². The molecule has 0 saturated carbocycles. The quantitative estimate of drug-likeness (QED) is 0.924. The predicted molar refractivity (Wildman–Crippen MR) is 84.0 cm³/mol. The molecule has 1 unspecified atom stereocenters. The first kappa shape index (κ1) is 13.3. The van der Waals surface area contributed by atoms with Gasteiger partial charge in [0.1, 0.15) is 11.4 Å². The van der Waals surface area contributed by atoms with Crippen molar-refractivity contribution >= 4 is 5.91 Å². The van der Waals surface area contributed by atoms with Gasteiger partial charge in [-0.05, 0) is 30.7 Å². The van der Waals surface area contributed by atoms with Crippen LogP contribution in [0.15, 0.2) is 42.5 Å². The van der Waals surface area contributed by atoms with Gasteiger partial charge in [0.05, 0.1) is 7.11 Å². The molecule has 0 aromatic heterocycles. The van der Waals surface area contributed by atoms with Crippen molar-refractivity contribution in [1.82, 2.24) is 10.2 Å². The van der Waals surface area contributed by atoms with Crippen molar-refractivity contribution < 1.29 is 9.53 Å². The molecule has 1 saturated heterocycles. The highest BCUT2D eigenvalue weighted by atomic mass is 16.5. The summed E-state index contributed by atoms with van der Waals surface area (Å²) in [6.45, 7) is 3.57. The molecule has 1 atom stereocenters. The Morgan fingerprint density at radius 1 is 1.23 bits per heavy atom. The maximum absolute atomic E-state index is 12.8. The van der Waals surface area contributed by atoms with Crippen molar-refractivity contribution in [2.24, 2.45) is 0 Å². The Bertz CT molecular complexity index is 771. The molecule has 112 valence electrons. The van der Waals surface area contributed by atoms with Crippen LogP contribution in [0.3, 0.4) is 0 Å². The van der Waals surface area contributed by atoms with E-state index >= 15 is 0 Å². The van der Waals surface area contributed by atoms with Crippen molar-refractivity contribution in [2.45, 2.75) is 12.6 Å². The van der Waals surface area contributed by atoms with Crippen LogP contribution in [0, 0.1) is 6.92 Å². The number of benzene rings is 2. The highest BCUT2D eigenvalue weighted by molar-refractivity contribution is 6.01. The van der Waals surface area contributed by atoms with Gasteiger partial charge < -0.3 is 9.64 Å². The number of nitrogens with zero attached hydrogens (tertiary/aromatic N) is 1. The lowest BCUT2D eigenvalue weighted by Crippen LogP contribution is -2.47. The van der Waals surface area contributed by atoms with Gasteiger partial charge in [-0.15, -0.1) is 0 Å². The summed E-state index contributed by atoms with van der Waals surface area (Å²) in [7, 11) is 1.66. The van der Waals surface area contributed by atoms with Crippen LogP contribution in [-0.2, 0) is 5.66 Å². The molecule has 0 aliphatic carbocycles. The van der Waals surface area contributed by atoms with E-state index in [0.717, 1.165) is 34.5 Å². The van der Waals surface area contributed by atoms with Crippen LogP contribution in [0.4, 0.5) is 0 Å². The minimum Gasteiger partial charge on any atom is -0.497 e. The summed E-state index contributed by atoms with van der Waals surface area (Å²) in [5.74, 6) is 0.904. The van der Waals surface area contributed by atoms with Gasteiger partial charge in [0.25, 0.3) is 5.91 Å². The molecule has 4 nitrogen and oxygen atoms in total. The summed E-state index contributed by atoms with van der Waals surface area (Å²) >= 11 is 0. The van der Waals surface area contributed by atoms with Crippen LogP contribution in [0.1, 0.15) is 27.0 Å². The predicted octanol–water partition coefficient (Wildman–Crippen LogP) is 2.26. The number of fused-ring (bicyclic) bond motifs is 3. The molecule has 4 heteroatoms. The number of hydrogen-bond donors (Lipinski definition) is 1. The number of nitrogens with one attached hydrogen (secondary N) is 1. The second-order valence-corrected chi connectivity index (χ2v) is 5.82. The second kappa shape index (κ2) is 4.58. The van der Waals surface area contributed by atoms with E-state index in [2.05, 4.69) is 24.4 Å². The van der Waals surface area contributed by atoms with Gasteiger partial charge in [-0.3, -0.25) is 10.1 Å². The summed E-state index contributed by atoms with van der Waals surface area (Å²) in [6, 6.07) is 13.9. The smallest absolute Gasteiger partial charge is 0.256 e. The Balaban J connectivity index is 2.01. The molecule has 2 aliphatic heterocycles. The Hall–Kier alpha value is -2.33. The number of aryl methyl sites for hydroxylation is 1. The van der Waals surface area contributed by atoms with Gasteiger partial charge in [-0.2, -0.15) is 0 Å². The molecule has 0 radical (unpaired) electrons. The van der Waals surface area contributed by atoms with Gasteiger partial charge >= 0.3 is 0 Å². The number of carbonyl (C=O) groups is 1. The molecule has 1 amide bonds. The molecule has 4 rings (SSSR count). The second-order valence-electron chi connectivity index (χ2n) is 5.82. The first-order valence-electron chi connectivity index (χ1n) is 7.50. The highest BCUT2D eigenvalue weighted by Crippen LogP contribution is 2.46. The van der Waals surface area contributed by atoms with Gasteiger partial charge in [0, 0.05) is 29.8 Å². The zero-order chi connectivity index (χ0) is 15.3. The zero-order valence-corrected chi connectivity index (χ0v) is 12.7. The lowest BCUT2D eigenvalue weighted by molar-refractivity contribution is 0.0694. The van der Waals surface area contributed by atoms with E-state index in [1.807, 2.05) is 35.2 Å². The monoisotopic (exact) mass is 294 g/mol. The molecule has 0 spiro atoms. The Kier molecular flexibility index (Phi) is 2.78. The van der Waals surface area contributed by atoms with Crippen molar-refractivity contribution in [1.29, 1.82) is 0 Å². The number of carbonyl (C=O) groups excluding carboxylic acids is 1. The first-order chi connectivity index (χ1) is 10.7. The largest absolute Gasteiger partial charge is 0.497 e. The minimum absolute atomic E-state index is 0.103. The van der Waals surface area contributed by atoms with Gasteiger partial charge in [0.2, 0.25) is 0 Å². The maximum atomic E-state index is 12.8. The van der Waals surface area contributed by atoms with Crippen LogP contribution in [-0.4, -0.2) is 31.0 Å². The third-order valence-electron chi connectivity index (χ3n) is 4.72. The van der Waals surface area contributed by atoms with Crippen LogP contribution in [0.5, 0.6) is 5.75 Å². The summed E-state index contributed by atoms with van der Waals surface area (Å²) in [4.78, 5) is 14.8. The molecule has 2 heterocycles. The highest BCUT2D eigenvalue weighted by Gasteiger charge is 2.54. The Morgan fingerprint density at radius 2 is 2.05 bits per heavy atom. The molecule has 0 bridgehead atoms. The van der Waals surface area contributed by atoms with Crippen LogP contribution in [0.25, 0.3) is 0 Å². The van der Waals surface area contributed by atoms with E-state index in [4.69, 9.17) is 4.74 Å². The van der Waals surface area contributed by atoms with E-state index in [-0.39, 0.29) is 5.91 Å². The number of methoxy groups -OCH3 is 1. The average molecular weight is 294 g/mol. The zero-order valence-electron chi connectivity index (χ0n) is 12.7. The topological polar surface area (TPSA) is 41.6 Å². The number of rotatable bonds is 2. The maximum Gasteiger partial charge on any atom is 0.256 e. The lowest BCUT2D eigenvalue weighted by atomic mass is 9.88. The summed E-state index contributed by atoms with van der Waals surface area (Å²) in [5.41, 5.74) is 3.49. The molecular weight excluding hydrogens is 276 g/mol. The van der Waals surface area contributed by atoms with E-state index < -0.39 is 5.66 Å². The third-order valence-corrected chi connectivity index (χ3v) is 4.72. The van der Waals surface area contributed by atoms with Crippen LogP contribution < -0.4 is 10.1 Å². The molecule has 1 N–H and O–H groups in total. The molecule has 22 heavy (non-hydrogen) atoms. The first-order valence-corrected chi connectivity index (χ1v) is 7.50. The number of amides is 1. The van der Waals surface area contributed by atoms with Crippen molar-refractivity contribution in [3.8, 4) is 5.75 Å². The fourth-order valence-corrected chi connectivity index (χ4v) is 3.81. The number of hydrogen-bond acceptors (Lipinski definition) is 3. The Morgan fingerprint density at radius 3 is 2.86 bits per heavy atom. The van der Waals surface area contributed by atoms with Crippen molar-refractivity contribution in [3.63, 3.8) is 0 Å². The van der Waals surface area contributed by atoms with Gasteiger partial charge in [0.15, 0.2) is 0 Å². The average Bonchev–Trinajstić information content (AvgIpc) is 3.08. The molecule has 1 fully saturated rings. The van der Waals surface area contributed by atoms with E-state index in [1.54, 1.807) is 7.11 Å². The summed E-state index contributed by atoms with van der Waals surface area (Å²) in [6.07, 6.45) is 0. The van der Waals surface area contributed by atoms with Crippen LogP contribution in [0.2, 0.25) is 0 Å². The molecule has 2 aliphatic rings. The minimum atomic E-state index is -0.563. The van der Waals surface area contributed by atoms with E-state index in [0.29, 0.717) is 6.54 Å². The molecule has 2 aromatic rings. The van der Waals surface area contributed by atoms with Gasteiger partial charge in [-0.25, -0.2) is 0 Å². The Labute approximate surface area is 129 Å².